The second-order valence-corrected chi connectivity index (χ2v) is 8.97. The third-order valence-electron chi connectivity index (χ3n) is 5.22. The van der Waals surface area contributed by atoms with Gasteiger partial charge in [-0.25, -0.2) is 0 Å². The standard InChI is InChI=1S/C24H29F3O4S/c1-5-18(13-28-20-8-6-19(7-9-20)24(25,26)27)14-32-21-10-11-22(15(2)12-21)29-16(3)23-30-17(4)31-23/h6-12,16-18,23H,5,13-14H2,1-4H3. The average Bonchev–Trinajstić information content (AvgIpc) is 2.73. The maximum atomic E-state index is 12.7. The topological polar surface area (TPSA) is 36.9 Å². The lowest BCUT2D eigenvalue weighted by Crippen LogP contribution is -2.47. The molecule has 176 valence electrons. The molecule has 0 aromatic heterocycles. The van der Waals surface area contributed by atoms with Crippen molar-refractivity contribution < 1.29 is 32.1 Å². The summed E-state index contributed by atoms with van der Waals surface area (Å²) in [6.45, 7) is 8.30. The fraction of sp³-hybridized carbons (Fsp3) is 0.500. The Morgan fingerprint density at radius 2 is 1.78 bits per heavy atom. The van der Waals surface area contributed by atoms with Gasteiger partial charge in [0.2, 0.25) is 0 Å². The Hall–Kier alpha value is -1.90. The Kier molecular flexibility index (Phi) is 8.36. The van der Waals surface area contributed by atoms with Crippen LogP contribution in [0.1, 0.15) is 38.3 Å². The molecule has 2 atom stereocenters. The number of benzene rings is 2. The van der Waals surface area contributed by atoms with Gasteiger partial charge in [0.1, 0.15) is 17.6 Å². The quantitative estimate of drug-likeness (QED) is 0.361. The van der Waals surface area contributed by atoms with E-state index in [1.54, 1.807) is 11.8 Å². The molecule has 0 saturated carbocycles. The fourth-order valence-electron chi connectivity index (χ4n) is 3.16. The molecule has 4 nitrogen and oxygen atoms in total. The summed E-state index contributed by atoms with van der Waals surface area (Å²) in [7, 11) is 0. The molecule has 1 aliphatic rings. The Balaban J connectivity index is 1.47. The number of ether oxygens (including phenoxy) is 4. The van der Waals surface area contributed by atoms with Crippen LogP contribution in [0.4, 0.5) is 13.2 Å². The zero-order chi connectivity index (χ0) is 23.3. The van der Waals surface area contributed by atoms with Crippen molar-refractivity contribution in [2.75, 3.05) is 12.4 Å². The number of aryl methyl sites for hydroxylation is 1. The molecule has 1 heterocycles. The predicted octanol–water partition coefficient (Wildman–Crippen LogP) is 6.70. The molecule has 1 saturated heterocycles. The third kappa shape index (κ3) is 6.80. The number of hydrogen-bond donors (Lipinski definition) is 0. The molecule has 1 fully saturated rings. The van der Waals surface area contributed by atoms with Crippen LogP contribution in [0.15, 0.2) is 47.4 Å². The molecule has 0 amide bonds. The number of rotatable bonds is 10. The number of alkyl halides is 3. The molecule has 0 spiro atoms. The SMILES string of the molecule is CCC(COc1ccc(C(F)(F)F)cc1)CSc1ccc(OC(C)C2OC(C)O2)c(C)c1. The van der Waals surface area contributed by atoms with Crippen LogP contribution in [0.25, 0.3) is 0 Å². The summed E-state index contributed by atoms with van der Waals surface area (Å²) in [5.41, 5.74) is 0.357. The van der Waals surface area contributed by atoms with Crippen molar-refractivity contribution in [1.29, 1.82) is 0 Å². The Morgan fingerprint density at radius 1 is 1.09 bits per heavy atom. The van der Waals surface area contributed by atoms with Crippen molar-refractivity contribution in [3.05, 3.63) is 53.6 Å². The maximum absolute atomic E-state index is 12.7. The van der Waals surface area contributed by atoms with Gasteiger partial charge in [0.05, 0.1) is 12.2 Å². The molecular weight excluding hydrogens is 441 g/mol. The number of hydrogen-bond acceptors (Lipinski definition) is 5. The Labute approximate surface area is 191 Å². The van der Waals surface area contributed by atoms with Crippen molar-refractivity contribution in [3.8, 4) is 11.5 Å². The van der Waals surface area contributed by atoms with Gasteiger partial charge in [0.25, 0.3) is 0 Å². The molecule has 2 aromatic carbocycles. The van der Waals surface area contributed by atoms with Gasteiger partial charge in [-0.05, 0) is 75.2 Å². The molecule has 32 heavy (non-hydrogen) atoms. The van der Waals surface area contributed by atoms with Crippen molar-refractivity contribution in [2.24, 2.45) is 5.92 Å². The van der Waals surface area contributed by atoms with E-state index in [0.29, 0.717) is 12.4 Å². The minimum atomic E-state index is -4.34. The summed E-state index contributed by atoms with van der Waals surface area (Å²) in [4.78, 5) is 1.13. The van der Waals surface area contributed by atoms with Gasteiger partial charge in [-0.3, -0.25) is 0 Å². The number of thioether (sulfide) groups is 1. The predicted molar refractivity (Wildman–Crippen MR) is 118 cm³/mol. The molecular formula is C24H29F3O4S. The molecule has 0 aliphatic carbocycles. The third-order valence-corrected chi connectivity index (χ3v) is 6.45. The smallest absolute Gasteiger partial charge is 0.416 e. The highest BCUT2D eigenvalue weighted by Crippen LogP contribution is 2.32. The van der Waals surface area contributed by atoms with Crippen LogP contribution in [0.2, 0.25) is 0 Å². The monoisotopic (exact) mass is 470 g/mol. The van der Waals surface area contributed by atoms with E-state index < -0.39 is 11.7 Å². The van der Waals surface area contributed by atoms with E-state index in [4.69, 9.17) is 18.9 Å². The fourth-order valence-corrected chi connectivity index (χ4v) is 4.35. The van der Waals surface area contributed by atoms with Gasteiger partial charge in [-0.2, -0.15) is 13.2 Å². The zero-order valence-electron chi connectivity index (χ0n) is 18.6. The van der Waals surface area contributed by atoms with E-state index >= 15 is 0 Å². The van der Waals surface area contributed by atoms with Crippen molar-refractivity contribution in [2.45, 2.75) is 63.9 Å². The van der Waals surface area contributed by atoms with E-state index in [2.05, 4.69) is 13.0 Å². The summed E-state index contributed by atoms with van der Waals surface area (Å²) in [6, 6.07) is 10.9. The molecule has 0 radical (unpaired) electrons. The molecule has 1 aliphatic heterocycles. The van der Waals surface area contributed by atoms with E-state index in [1.807, 2.05) is 32.9 Å². The molecule has 8 heteroatoms. The van der Waals surface area contributed by atoms with E-state index in [1.165, 1.54) is 12.1 Å². The van der Waals surface area contributed by atoms with Crippen molar-refractivity contribution >= 4 is 11.8 Å². The van der Waals surface area contributed by atoms with Crippen LogP contribution in [0.3, 0.4) is 0 Å². The Morgan fingerprint density at radius 3 is 2.34 bits per heavy atom. The lowest BCUT2D eigenvalue weighted by Gasteiger charge is -2.37. The summed E-state index contributed by atoms with van der Waals surface area (Å²) >= 11 is 1.72. The van der Waals surface area contributed by atoms with E-state index in [0.717, 1.165) is 40.5 Å². The average molecular weight is 471 g/mol. The molecule has 3 rings (SSSR count). The maximum Gasteiger partial charge on any atom is 0.416 e. The second-order valence-electron chi connectivity index (χ2n) is 7.88. The largest absolute Gasteiger partial charge is 0.493 e. The first-order valence-electron chi connectivity index (χ1n) is 10.7. The van der Waals surface area contributed by atoms with Gasteiger partial charge in [0.15, 0.2) is 12.6 Å². The van der Waals surface area contributed by atoms with Crippen LogP contribution in [-0.4, -0.2) is 31.0 Å². The Bertz CT molecular complexity index is 867. The summed E-state index contributed by atoms with van der Waals surface area (Å²) in [6.07, 6.45) is -4.15. The van der Waals surface area contributed by atoms with Crippen LogP contribution in [-0.2, 0) is 15.7 Å². The van der Waals surface area contributed by atoms with Gasteiger partial charge in [-0.15, -0.1) is 11.8 Å². The lowest BCUT2D eigenvalue weighted by molar-refractivity contribution is -0.393. The summed E-state index contributed by atoms with van der Waals surface area (Å²) in [5.74, 6) is 2.36. The number of halogens is 3. The highest BCUT2D eigenvalue weighted by atomic mass is 32.2. The second kappa shape index (κ2) is 10.8. The highest BCUT2D eigenvalue weighted by Gasteiger charge is 2.33. The normalized spacial score (nSPS) is 20.3. The van der Waals surface area contributed by atoms with Gasteiger partial charge >= 0.3 is 6.18 Å². The van der Waals surface area contributed by atoms with Crippen LogP contribution >= 0.6 is 11.8 Å². The van der Waals surface area contributed by atoms with Crippen molar-refractivity contribution in [1.82, 2.24) is 0 Å². The lowest BCUT2D eigenvalue weighted by atomic mass is 10.1. The molecule has 0 N–H and O–H groups in total. The summed E-state index contributed by atoms with van der Waals surface area (Å²) < 4.78 is 60.7. The zero-order valence-corrected chi connectivity index (χ0v) is 19.5. The van der Waals surface area contributed by atoms with Gasteiger partial charge < -0.3 is 18.9 Å². The first-order valence-corrected chi connectivity index (χ1v) is 11.7. The van der Waals surface area contributed by atoms with Crippen LogP contribution < -0.4 is 9.47 Å². The first-order chi connectivity index (χ1) is 15.2. The minimum Gasteiger partial charge on any atom is -0.493 e. The molecule has 0 bridgehead atoms. The van der Waals surface area contributed by atoms with Crippen LogP contribution in [0.5, 0.6) is 11.5 Å². The van der Waals surface area contributed by atoms with E-state index in [-0.39, 0.29) is 24.6 Å². The van der Waals surface area contributed by atoms with Crippen LogP contribution in [0, 0.1) is 12.8 Å². The van der Waals surface area contributed by atoms with Crippen molar-refractivity contribution in [3.63, 3.8) is 0 Å². The molecule has 2 aromatic rings. The summed E-state index contributed by atoms with van der Waals surface area (Å²) in [5, 5.41) is 0. The minimum absolute atomic E-state index is 0.180. The van der Waals surface area contributed by atoms with Gasteiger partial charge in [-0.1, -0.05) is 6.92 Å². The molecule has 2 unspecified atom stereocenters. The van der Waals surface area contributed by atoms with Gasteiger partial charge in [0, 0.05) is 16.6 Å². The van der Waals surface area contributed by atoms with E-state index in [9.17, 15) is 13.2 Å². The first kappa shape index (κ1) is 24.7. The highest BCUT2D eigenvalue weighted by molar-refractivity contribution is 7.99.